The molecule has 0 bridgehead atoms. The van der Waals surface area contributed by atoms with Crippen LogP contribution >= 0.6 is 27.5 Å². The van der Waals surface area contributed by atoms with Crippen LogP contribution in [0.2, 0.25) is 5.02 Å². The van der Waals surface area contributed by atoms with Crippen molar-refractivity contribution < 1.29 is 4.74 Å². The molecule has 37 heavy (non-hydrogen) atoms. The topological polar surface area (TPSA) is 33.6 Å². The molecule has 0 spiro atoms. The average Bonchev–Trinajstić information content (AvgIpc) is 3.42. The minimum Gasteiger partial charge on any atom is -0.488 e. The number of aliphatic imine (C=N–C) groups is 1. The van der Waals surface area contributed by atoms with Gasteiger partial charge >= 0.3 is 0 Å². The fourth-order valence-electron chi connectivity index (χ4n) is 5.32. The highest BCUT2D eigenvalue weighted by molar-refractivity contribution is 9.10. The maximum Gasteiger partial charge on any atom is 0.128 e. The van der Waals surface area contributed by atoms with Crippen molar-refractivity contribution in [3.8, 4) is 5.75 Å². The van der Waals surface area contributed by atoms with E-state index in [4.69, 9.17) is 21.3 Å². The van der Waals surface area contributed by atoms with E-state index in [1.165, 1.54) is 16.8 Å². The second kappa shape index (κ2) is 10.6. The number of fused-ring (bicyclic) bond motifs is 3. The summed E-state index contributed by atoms with van der Waals surface area (Å²) in [7, 11) is 0. The van der Waals surface area contributed by atoms with Gasteiger partial charge in [0.25, 0.3) is 0 Å². The monoisotopic (exact) mass is 568 g/mol. The first-order chi connectivity index (χ1) is 18.1. The van der Waals surface area contributed by atoms with Crippen molar-refractivity contribution in [3.05, 3.63) is 135 Å². The minimum atomic E-state index is 0.282. The lowest BCUT2D eigenvalue weighted by molar-refractivity contribution is 0.306. The van der Waals surface area contributed by atoms with Crippen LogP contribution in [0.15, 0.2) is 113 Å². The summed E-state index contributed by atoms with van der Waals surface area (Å²) in [6.07, 6.45) is 7.66. The third-order valence-electron chi connectivity index (χ3n) is 7.13. The number of nitrogens with one attached hydrogen (secondary N) is 1. The summed E-state index contributed by atoms with van der Waals surface area (Å²) in [5.74, 6) is 1.78. The minimum absolute atomic E-state index is 0.282. The molecule has 4 aromatic carbocycles. The van der Waals surface area contributed by atoms with Gasteiger partial charge in [0.15, 0.2) is 0 Å². The first-order valence-corrected chi connectivity index (χ1v) is 13.6. The van der Waals surface area contributed by atoms with E-state index in [0.29, 0.717) is 23.5 Å². The van der Waals surface area contributed by atoms with Crippen LogP contribution in [0.3, 0.4) is 0 Å². The van der Waals surface area contributed by atoms with Crippen molar-refractivity contribution in [2.45, 2.75) is 25.0 Å². The van der Waals surface area contributed by atoms with Crippen LogP contribution in [-0.2, 0) is 6.61 Å². The molecule has 2 aliphatic rings. The van der Waals surface area contributed by atoms with Crippen molar-refractivity contribution in [1.82, 2.24) is 0 Å². The fourth-order valence-corrected chi connectivity index (χ4v) is 5.92. The highest BCUT2D eigenvalue weighted by Gasteiger charge is 2.37. The first kappa shape index (κ1) is 24.0. The zero-order valence-electron chi connectivity index (χ0n) is 20.1. The molecule has 1 aliphatic heterocycles. The maximum atomic E-state index is 6.12. The van der Waals surface area contributed by atoms with Gasteiger partial charge in [-0.15, -0.1) is 0 Å². The lowest BCUT2D eigenvalue weighted by Crippen LogP contribution is -2.28. The van der Waals surface area contributed by atoms with Gasteiger partial charge in [-0.05, 0) is 77.6 Å². The van der Waals surface area contributed by atoms with Crippen LogP contribution in [0.4, 0.5) is 11.4 Å². The van der Waals surface area contributed by atoms with E-state index >= 15 is 0 Å². The number of halogens is 2. The van der Waals surface area contributed by atoms with Crippen LogP contribution in [0.1, 0.15) is 40.6 Å². The molecule has 6 rings (SSSR count). The Morgan fingerprint density at radius 3 is 2.70 bits per heavy atom. The number of benzene rings is 4. The average molecular weight is 570 g/mol. The van der Waals surface area contributed by atoms with Crippen LogP contribution < -0.4 is 10.1 Å². The SMILES string of the molecule is Clc1cccc(COc2ccc(Br)cc2C=Nc2ccc([C@@H]3Nc4ccccc4[C@H]4C=CC[C@@H]43)cc2)c1. The molecule has 3 atom stereocenters. The molecular formula is C32H26BrClN2O. The molecular weight excluding hydrogens is 544 g/mol. The highest BCUT2D eigenvalue weighted by Crippen LogP contribution is 2.49. The van der Waals surface area contributed by atoms with Gasteiger partial charge in [0.2, 0.25) is 0 Å². The van der Waals surface area contributed by atoms with Gasteiger partial charge in [0.1, 0.15) is 12.4 Å². The molecule has 1 aliphatic carbocycles. The number of allylic oxidation sites excluding steroid dienone is 2. The molecule has 0 saturated heterocycles. The predicted octanol–water partition coefficient (Wildman–Crippen LogP) is 9.26. The number of nitrogens with zero attached hydrogens (tertiary/aromatic N) is 1. The quantitative estimate of drug-likeness (QED) is 0.185. The summed E-state index contributed by atoms with van der Waals surface area (Å²) in [6.45, 7) is 0.437. The second-order valence-electron chi connectivity index (χ2n) is 9.51. The summed E-state index contributed by atoms with van der Waals surface area (Å²) in [6, 6.07) is 31.2. The molecule has 1 N–H and O–H groups in total. The van der Waals surface area contributed by atoms with E-state index < -0.39 is 0 Å². The lowest BCUT2D eigenvalue weighted by Gasteiger charge is -2.37. The maximum absolute atomic E-state index is 6.12. The lowest BCUT2D eigenvalue weighted by atomic mass is 9.77. The highest BCUT2D eigenvalue weighted by atomic mass is 79.9. The summed E-state index contributed by atoms with van der Waals surface area (Å²) in [4.78, 5) is 4.76. The molecule has 3 nitrogen and oxygen atoms in total. The van der Waals surface area contributed by atoms with E-state index in [-0.39, 0.29) is 6.04 Å². The molecule has 0 aromatic heterocycles. The third kappa shape index (κ3) is 5.22. The summed E-state index contributed by atoms with van der Waals surface area (Å²) >= 11 is 9.68. The summed E-state index contributed by atoms with van der Waals surface area (Å²) < 4.78 is 7.08. The van der Waals surface area contributed by atoms with Gasteiger partial charge in [0, 0.05) is 32.9 Å². The van der Waals surface area contributed by atoms with Crippen LogP contribution in [0.25, 0.3) is 0 Å². The smallest absolute Gasteiger partial charge is 0.128 e. The molecule has 5 heteroatoms. The van der Waals surface area contributed by atoms with Gasteiger partial charge in [-0.3, -0.25) is 4.99 Å². The molecule has 0 amide bonds. The van der Waals surface area contributed by atoms with Crippen molar-refractivity contribution in [3.63, 3.8) is 0 Å². The summed E-state index contributed by atoms with van der Waals surface area (Å²) in [5, 5.41) is 4.50. The van der Waals surface area contributed by atoms with Gasteiger partial charge in [-0.1, -0.05) is 82.1 Å². The number of ether oxygens (including phenoxy) is 1. The van der Waals surface area contributed by atoms with Crippen molar-refractivity contribution >= 4 is 45.1 Å². The molecule has 4 aromatic rings. The van der Waals surface area contributed by atoms with Crippen LogP contribution in [-0.4, -0.2) is 6.21 Å². The van der Waals surface area contributed by atoms with Gasteiger partial charge in [0.05, 0.1) is 11.7 Å². The Morgan fingerprint density at radius 2 is 1.84 bits per heavy atom. The Kier molecular flexibility index (Phi) is 6.86. The third-order valence-corrected chi connectivity index (χ3v) is 7.86. The zero-order valence-corrected chi connectivity index (χ0v) is 22.5. The van der Waals surface area contributed by atoms with Crippen LogP contribution in [0.5, 0.6) is 5.75 Å². The van der Waals surface area contributed by atoms with E-state index in [9.17, 15) is 0 Å². The Balaban J connectivity index is 1.19. The van der Waals surface area contributed by atoms with E-state index in [2.05, 4.69) is 81.9 Å². The summed E-state index contributed by atoms with van der Waals surface area (Å²) in [5.41, 5.74) is 6.77. The van der Waals surface area contributed by atoms with E-state index in [1.807, 2.05) is 48.7 Å². The van der Waals surface area contributed by atoms with Gasteiger partial charge in [-0.25, -0.2) is 0 Å². The Hall–Kier alpha value is -3.34. The molecule has 1 heterocycles. The van der Waals surface area contributed by atoms with E-state index in [0.717, 1.165) is 33.5 Å². The Labute approximate surface area is 231 Å². The second-order valence-corrected chi connectivity index (χ2v) is 10.9. The van der Waals surface area contributed by atoms with Gasteiger partial charge < -0.3 is 10.1 Å². The van der Waals surface area contributed by atoms with Crippen molar-refractivity contribution in [2.75, 3.05) is 5.32 Å². The molecule has 0 unspecified atom stereocenters. The molecule has 0 saturated carbocycles. The number of hydrogen-bond acceptors (Lipinski definition) is 3. The van der Waals surface area contributed by atoms with Crippen LogP contribution in [0, 0.1) is 5.92 Å². The molecule has 0 radical (unpaired) electrons. The number of anilines is 1. The van der Waals surface area contributed by atoms with Gasteiger partial charge in [-0.2, -0.15) is 0 Å². The van der Waals surface area contributed by atoms with Crippen molar-refractivity contribution in [2.24, 2.45) is 10.9 Å². The largest absolute Gasteiger partial charge is 0.488 e. The van der Waals surface area contributed by atoms with E-state index in [1.54, 1.807) is 0 Å². The predicted molar refractivity (Wildman–Crippen MR) is 156 cm³/mol. The number of para-hydroxylation sites is 1. The number of hydrogen-bond donors (Lipinski definition) is 1. The first-order valence-electron chi connectivity index (χ1n) is 12.5. The fraction of sp³-hybridized carbons (Fsp3) is 0.156. The standard InChI is InChI=1S/C32H26BrClN2O/c33-24-13-16-31(37-20-21-5-3-6-25(34)17-21)23(18-24)19-35-26-14-11-22(12-15-26)32-29-9-4-8-27(29)28-7-1-2-10-30(28)36-32/h1-8,10-19,27,29,32,36H,9,20H2/t27-,29+,32+/m1/s1. The number of rotatable bonds is 6. The zero-order chi connectivity index (χ0) is 25.2. The van der Waals surface area contributed by atoms with Crippen molar-refractivity contribution in [1.29, 1.82) is 0 Å². The molecule has 184 valence electrons. The molecule has 0 fully saturated rings. The normalized spacial score (nSPS) is 19.9. The Morgan fingerprint density at radius 1 is 0.973 bits per heavy atom. The Bertz CT molecular complexity index is 1480.